The maximum atomic E-state index is 11.8. The van der Waals surface area contributed by atoms with Crippen molar-refractivity contribution in [2.45, 2.75) is 71.9 Å². The van der Waals surface area contributed by atoms with Gasteiger partial charge < -0.3 is 15.4 Å². The maximum absolute atomic E-state index is 11.8. The SMILES string of the molecule is CCCC(C)CNCC(NC(=O)OC(C)(C)C)C1CC1. The predicted octanol–water partition coefficient (Wildman–Crippen LogP) is 3.32. The number of alkyl carbamates (subject to hydrolysis) is 1. The first-order chi connectivity index (χ1) is 9.31. The van der Waals surface area contributed by atoms with Gasteiger partial charge in [0.05, 0.1) is 0 Å². The Kier molecular flexibility index (Phi) is 6.80. The van der Waals surface area contributed by atoms with E-state index in [2.05, 4.69) is 24.5 Å². The highest BCUT2D eigenvalue weighted by atomic mass is 16.6. The second-order valence-electron chi connectivity index (χ2n) is 7.14. The number of ether oxygens (including phenoxy) is 1. The summed E-state index contributed by atoms with van der Waals surface area (Å²) in [5.74, 6) is 1.32. The van der Waals surface area contributed by atoms with Gasteiger partial charge in [0.25, 0.3) is 0 Å². The summed E-state index contributed by atoms with van der Waals surface area (Å²) in [6, 6.07) is 0.207. The van der Waals surface area contributed by atoms with Crippen molar-refractivity contribution < 1.29 is 9.53 Å². The van der Waals surface area contributed by atoms with Gasteiger partial charge >= 0.3 is 6.09 Å². The van der Waals surface area contributed by atoms with Crippen molar-refractivity contribution in [2.24, 2.45) is 11.8 Å². The molecule has 4 nitrogen and oxygen atoms in total. The summed E-state index contributed by atoms with van der Waals surface area (Å²) in [6.07, 6.45) is 4.61. The molecule has 0 aromatic heterocycles. The van der Waals surface area contributed by atoms with Crippen LogP contribution < -0.4 is 10.6 Å². The van der Waals surface area contributed by atoms with Crippen LogP contribution in [-0.4, -0.2) is 30.8 Å². The molecule has 0 aromatic carbocycles. The van der Waals surface area contributed by atoms with Gasteiger partial charge in [0.2, 0.25) is 0 Å². The lowest BCUT2D eigenvalue weighted by Crippen LogP contribution is -2.46. The lowest BCUT2D eigenvalue weighted by Gasteiger charge is -2.24. The van der Waals surface area contributed by atoms with Gasteiger partial charge in [0.15, 0.2) is 0 Å². The minimum absolute atomic E-state index is 0.207. The molecule has 2 unspecified atom stereocenters. The van der Waals surface area contributed by atoms with Crippen LogP contribution in [0.5, 0.6) is 0 Å². The molecule has 1 rings (SSSR count). The Morgan fingerprint density at radius 3 is 2.45 bits per heavy atom. The molecular formula is C16H32N2O2. The van der Waals surface area contributed by atoms with Gasteiger partial charge in [0.1, 0.15) is 5.60 Å². The molecule has 4 heteroatoms. The fraction of sp³-hybridized carbons (Fsp3) is 0.938. The summed E-state index contributed by atoms with van der Waals surface area (Å²) in [5.41, 5.74) is -0.429. The predicted molar refractivity (Wildman–Crippen MR) is 82.8 cm³/mol. The van der Waals surface area contributed by atoms with Crippen LogP contribution >= 0.6 is 0 Å². The molecule has 0 aliphatic heterocycles. The van der Waals surface area contributed by atoms with Gasteiger partial charge in [-0.2, -0.15) is 0 Å². The van der Waals surface area contributed by atoms with Gasteiger partial charge in [-0.05, 0) is 58.4 Å². The van der Waals surface area contributed by atoms with Crippen LogP contribution in [0.15, 0.2) is 0 Å². The largest absolute Gasteiger partial charge is 0.444 e. The van der Waals surface area contributed by atoms with Crippen molar-refractivity contribution in [1.82, 2.24) is 10.6 Å². The Morgan fingerprint density at radius 2 is 1.95 bits per heavy atom. The first kappa shape index (κ1) is 17.3. The average Bonchev–Trinajstić information content (AvgIpc) is 3.09. The Hall–Kier alpha value is -0.770. The van der Waals surface area contributed by atoms with Crippen LogP contribution in [0.3, 0.4) is 0 Å². The molecule has 0 radical (unpaired) electrons. The Morgan fingerprint density at radius 1 is 1.30 bits per heavy atom. The van der Waals surface area contributed by atoms with E-state index >= 15 is 0 Å². The summed E-state index contributed by atoms with van der Waals surface area (Å²) < 4.78 is 5.33. The summed E-state index contributed by atoms with van der Waals surface area (Å²) in [7, 11) is 0. The number of hydrogen-bond donors (Lipinski definition) is 2. The lowest BCUT2D eigenvalue weighted by molar-refractivity contribution is 0.0497. The van der Waals surface area contributed by atoms with Crippen molar-refractivity contribution >= 4 is 6.09 Å². The normalized spacial score (nSPS) is 18.4. The zero-order valence-corrected chi connectivity index (χ0v) is 13.8. The molecule has 1 saturated carbocycles. The zero-order chi connectivity index (χ0) is 15.2. The summed E-state index contributed by atoms with van der Waals surface area (Å²) in [5, 5.41) is 6.51. The molecule has 20 heavy (non-hydrogen) atoms. The minimum atomic E-state index is -0.429. The van der Waals surface area contributed by atoms with Crippen molar-refractivity contribution in [1.29, 1.82) is 0 Å². The fourth-order valence-corrected chi connectivity index (χ4v) is 2.37. The third-order valence-electron chi connectivity index (χ3n) is 3.53. The van der Waals surface area contributed by atoms with Crippen LogP contribution in [0.2, 0.25) is 0 Å². The molecule has 1 aliphatic carbocycles. The standard InChI is InChI=1S/C16H32N2O2/c1-6-7-12(2)10-17-11-14(13-8-9-13)18-15(19)20-16(3,4)5/h12-14,17H,6-11H2,1-5H3,(H,18,19). The van der Waals surface area contributed by atoms with Gasteiger partial charge in [0, 0.05) is 12.6 Å². The number of hydrogen-bond acceptors (Lipinski definition) is 3. The highest BCUT2D eigenvalue weighted by Crippen LogP contribution is 2.32. The number of carbonyl (C=O) groups excluding carboxylic acids is 1. The lowest BCUT2D eigenvalue weighted by atomic mass is 10.1. The molecular weight excluding hydrogens is 252 g/mol. The van der Waals surface area contributed by atoms with Crippen LogP contribution in [0.4, 0.5) is 4.79 Å². The van der Waals surface area contributed by atoms with E-state index < -0.39 is 5.60 Å². The van der Waals surface area contributed by atoms with E-state index in [1.807, 2.05) is 20.8 Å². The number of amides is 1. The summed E-state index contributed by atoms with van der Waals surface area (Å²) >= 11 is 0. The molecule has 0 saturated heterocycles. The average molecular weight is 284 g/mol. The van der Waals surface area contributed by atoms with E-state index in [0.717, 1.165) is 13.1 Å². The topological polar surface area (TPSA) is 50.4 Å². The molecule has 2 N–H and O–H groups in total. The molecule has 0 bridgehead atoms. The van der Waals surface area contributed by atoms with Crippen LogP contribution in [0, 0.1) is 11.8 Å². The van der Waals surface area contributed by atoms with Crippen LogP contribution in [0.25, 0.3) is 0 Å². The summed E-state index contributed by atoms with van der Waals surface area (Å²) in [4.78, 5) is 11.8. The maximum Gasteiger partial charge on any atom is 0.407 e. The molecule has 1 amide bonds. The van der Waals surface area contributed by atoms with Gasteiger partial charge in [-0.3, -0.25) is 0 Å². The second-order valence-corrected chi connectivity index (χ2v) is 7.14. The quantitative estimate of drug-likeness (QED) is 0.719. The van der Waals surface area contributed by atoms with Gasteiger partial charge in [-0.15, -0.1) is 0 Å². The molecule has 0 aromatic rings. The third kappa shape index (κ3) is 7.73. The number of carbonyl (C=O) groups is 1. The van der Waals surface area contributed by atoms with Crippen molar-refractivity contribution in [3.05, 3.63) is 0 Å². The highest BCUT2D eigenvalue weighted by Gasteiger charge is 2.33. The molecule has 2 atom stereocenters. The minimum Gasteiger partial charge on any atom is -0.444 e. The smallest absolute Gasteiger partial charge is 0.407 e. The Balaban J connectivity index is 2.28. The van der Waals surface area contributed by atoms with Crippen LogP contribution in [-0.2, 0) is 4.74 Å². The highest BCUT2D eigenvalue weighted by molar-refractivity contribution is 5.68. The van der Waals surface area contributed by atoms with Crippen molar-refractivity contribution in [3.8, 4) is 0 Å². The van der Waals surface area contributed by atoms with E-state index in [1.165, 1.54) is 25.7 Å². The Bertz CT molecular complexity index is 295. The van der Waals surface area contributed by atoms with Gasteiger partial charge in [-0.1, -0.05) is 20.3 Å². The van der Waals surface area contributed by atoms with Gasteiger partial charge in [-0.25, -0.2) is 4.79 Å². The van der Waals surface area contributed by atoms with E-state index in [0.29, 0.717) is 11.8 Å². The zero-order valence-electron chi connectivity index (χ0n) is 13.8. The van der Waals surface area contributed by atoms with Crippen LogP contribution in [0.1, 0.15) is 60.3 Å². The molecule has 1 fully saturated rings. The van der Waals surface area contributed by atoms with E-state index in [9.17, 15) is 4.79 Å². The van der Waals surface area contributed by atoms with E-state index in [-0.39, 0.29) is 12.1 Å². The monoisotopic (exact) mass is 284 g/mol. The molecule has 0 spiro atoms. The number of nitrogens with one attached hydrogen (secondary N) is 2. The number of rotatable bonds is 8. The molecule has 1 aliphatic rings. The van der Waals surface area contributed by atoms with Crippen molar-refractivity contribution in [2.75, 3.05) is 13.1 Å². The summed E-state index contributed by atoms with van der Waals surface area (Å²) in [6.45, 7) is 12.0. The fourth-order valence-electron chi connectivity index (χ4n) is 2.37. The van der Waals surface area contributed by atoms with E-state index in [4.69, 9.17) is 4.74 Å². The first-order valence-corrected chi connectivity index (χ1v) is 8.02. The molecule has 118 valence electrons. The first-order valence-electron chi connectivity index (χ1n) is 8.02. The van der Waals surface area contributed by atoms with Crippen molar-refractivity contribution in [3.63, 3.8) is 0 Å². The third-order valence-corrected chi connectivity index (χ3v) is 3.53. The second kappa shape index (κ2) is 7.87. The Labute approximate surface area is 124 Å². The van der Waals surface area contributed by atoms with E-state index in [1.54, 1.807) is 0 Å². The molecule has 0 heterocycles.